The quantitative estimate of drug-likeness (QED) is 0.381. The molecule has 1 fully saturated rings. The van der Waals surface area contributed by atoms with Crippen molar-refractivity contribution in [1.29, 1.82) is 0 Å². The van der Waals surface area contributed by atoms with Crippen LogP contribution >= 0.6 is 37.7 Å². The third-order valence-corrected chi connectivity index (χ3v) is 1.86. The van der Waals surface area contributed by atoms with Crippen molar-refractivity contribution in [3.05, 3.63) is 11.9 Å². The van der Waals surface area contributed by atoms with E-state index in [2.05, 4.69) is 0 Å². The number of halogens is 4. The van der Waals surface area contributed by atoms with Crippen molar-refractivity contribution in [2.75, 3.05) is 0 Å². The average molecular weight is 465 g/mol. The number of hydrogen-bond donors (Lipinski definition) is 0. The van der Waals surface area contributed by atoms with Crippen LogP contribution in [0.1, 0.15) is 38.5 Å². The van der Waals surface area contributed by atoms with Crippen LogP contribution in [0.4, 0.5) is 0 Å². The summed E-state index contributed by atoms with van der Waals surface area (Å²) < 4.78 is 0. The molecule has 0 aromatic rings. The van der Waals surface area contributed by atoms with E-state index in [0.29, 0.717) is 0 Å². The molecule has 0 atom stereocenters. The zero-order valence-electron chi connectivity index (χ0n) is 7.73. The molecule has 92 valence electrons. The van der Waals surface area contributed by atoms with Crippen LogP contribution in [0.2, 0.25) is 0 Å². The summed E-state index contributed by atoms with van der Waals surface area (Å²) in [5, 5.41) is 0. The second-order valence-corrected chi connectivity index (χ2v) is 22.7. The third-order valence-electron chi connectivity index (χ3n) is 1.86. The molecule has 0 amide bonds. The van der Waals surface area contributed by atoms with Gasteiger partial charge in [0.1, 0.15) is 0 Å². The van der Waals surface area contributed by atoms with Crippen LogP contribution in [0, 0.1) is 0 Å². The molecule has 0 bridgehead atoms. The van der Waals surface area contributed by atoms with Gasteiger partial charge in [0, 0.05) is 0 Å². The zero-order valence-corrected chi connectivity index (χ0v) is 13.0. The Bertz CT molecular complexity index is 117. The molecule has 14 heavy (non-hydrogen) atoms. The molecule has 1 saturated carbocycles. The molecular formula is C7H16Cl4N2Pt. The Hall–Kier alpha value is 1.77. The summed E-state index contributed by atoms with van der Waals surface area (Å²) in [6.07, 6.45) is 7.65. The van der Waals surface area contributed by atoms with Crippen molar-refractivity contribution in [2.45, 2.75) is 44.6 Å². The average Bonchev–Trinajstić information content (AvgIpc) is 2.12. The molecule has 0 aromatic heterocycles. The standard InChI is InChI=1S/C7H14N.4ClH.H2N.Pt/c8-7-5-3-1-2-4-6-7;;;;;;/h7-8H,1-6H2;4*1H;1H2;/q-1;;;;;-1;+6/p-4. The van der Waals surface area contributed by atoms with Crippen LogP contribution in [-0.4, -0.2) is 6.04 Å². The molecule has 0 aliphatic heterocycles. The van der Waals surface area contributed by atoms with Gasteiger partial charge in [-0.25, -0.2) is 0 Å². The first-order valence-corrected chi connectivity index (χ1v) is 15.3. The van der Waals surface area contributed by atoms with E-state index < -0.39 is 11.9 Å². The minimum absolute atomic E-state index is 0. The fourth-order valence-electron chi connectivity index (χ4n) is 1.28. The van der Waals surface area contributed by atoms with E-state index in [1.165, 1.54) is 25.7 Å². The van der Waals surface area contributed by atoms with Gasteiger partial charge >= 0.3 is 49.6 Å². The van der Waals surface area contributed by atoms with Gasteiger partial charge in [0.05, 0.1) is 0 Å². The summed E-state index contributed by atoms with van der Waals surface area (Å²) in [7, 11) is 20.0. The number of nitrogens with one attached hydrogen (secondary N) is 1. The predicted molar refractivity (Wildman–Crippen MR) is 64.5 cm³/mol. The molecule has 0 radical (unpaired) electrons. The topological polar surface area (TPSA) is 57.3 Å². The SMILES string of the molecule is [Cl][Pt+2]([Cl])([Cl])[Cl].[NH-]C1CCCCCC1.[NH2-]. The van der Waals surface area contributed by atoms with Gasteiger partial charge in [-0.3, -0.25) is 0 Å². The monoisotopic (exact) mass is 463 g/mol. The van der Waals surface area contributed by atoms with Gasteiger partial charge in [0.2, 0.25) is 0 Å². The Morgan fingerprint density at radius 3 is 1.43 bits per heavy atom. The van der Waals surface area contributed by atoms with E-state index in [1.54, 1.807) is 0 Å². The summed E-state index contributed by atoms with van der Waals surface area (Å²) in [4.78, 5) is 0. The Balaban J connectivity index is 0. The van der Waals surface area contributed by atoms with Crippen molar-refractivity contribution in [2.24, 2.45) is 0 Å². The van der Waals surface area contributed by atoms with Gasteiger partial charge in [-0.2, -0.15) is 0 Å². The molecule has 0 aromatic carbocycles. The van der Waals surface area contributed by atoms with Gasteiger partial charge in [0.25, 0.3) is 0 Å². The van der Waals surface area contributed by atoms with E-state index in [0.717, 1.165) is 12.8 Å². The fourth-order valence-corrected chi connectivity index (χ4v) is 1.28. The Kier molecular flexibility index (Phi) is 12.9. The maximum atomic E-state index is 7.41. The molecule has 1 aliphatic rings. The smallest absolute Gasteiger partial charge is 0.0534 e. The number of nitrogens with two attached hydrogens (primary N) is 1. The molecule has 3 N–H and O–H groups in total. The minimum Gasteiger partial charge on any atom is -0.693 e. The summed E-state index contributed by atoms with van der Waals surface area (Å²) >= 11 is -3.06. The van der Waals surface area contributed by atoms with Crippen LogP contribution < -0.4 is 0 Å². The Labute approximate surface area is 105 Å². The number of hydrogen-bond acceptors (Lipinski definition) is 0. The van der Waals surface area contributed by atoms with Gasteiger partial charge in [0.15, 0.2) is 0 Å². The normalized spacial score (nSPS) is 19.8. The van der Waals surface area contributed by atoms with E-state index in [4.69, 9.17) is 43.4 Å². The van der Waals surface area contributed by atoms with Crippen molar-refractivity contribution < 1.29 is 11.9 Å². The van der Waals surface area contributed by atoms with Gasteiger partial charge in [-0.05, 0) is 0 Å². The molecule has 1 rings (SSSR count). The Morgan fingerprint density at radius 1 is 0.857 bits per heavy atom. The predicted octanol–water partition coefficient (Wildman–Crippen LogP) is 6.23. The first-order valence-electron chi connectivity index (χ1n) is 4.08. The molecular weight excluding hydrogens is 449 g/mol. The molecule has 0 heterocycles. The largest absolute Gasteiger partial charge is 0.693 e. The van der Waals surface area contributed by atoms with Crippen LogP contribution in [0.3, 0.4) is 0 Å². The summed E-state index contributed by atoms with van der Waals surface area (Å²) in [6, 6.07) is 0.275. The molecule has 1 aliphatic carbocycles. The zero-order chi connectivity index (χ0) is 10.3. The van der Waals surface area contributed by atoms with Crippen molar-refractivity contribution in [1.82, 2.24) is 0 Å². The summed E-state index contributed by atoms with van der Waals surface area (Å²) in [6.45, 7) is 0. The van der Waals surface area contributed by atoms with Gasteiger partial charge in [-0.15, -0.1) is 6.04 Å². The van der Waals surface area contributed by atoms with Crippen molar-refractivity contribution in [3.63, 3.8) is 0 Å². The fraction of sp³-hybridized carbons (Fsp3) is 1.00. The molecule has 2 nitrogen and oxygen atoms in total. The van der Waals surface area contributed by atoms with Crippen molar-refractivity contribution >= 4 is 37.7 Å². The summed E-state index contributed by atoms with van der Waals surface area (Å²) in [5.74, 6) is 0. The molecule has 0 spiro atoms. The molecule has 0 unspecified atom stereocenters. The van der Waals surface area contributed by atoms with E-state index in [1.807, 2.05) is 0 Å². The summed E-state index contributed by atoms with van der Waals surface area (Å²) in [5.41, 5.74) is 7.41. The first kappa shape index (κ1) is 18.1. The van der Waals surface area contributed by atoms with Crippen LogP contribution in [0.15, 0.2) is 0 Å². The van der Waals surface area contributed by atoms with E-state index in [-0.39, 0.29) is 12.2 Å². The maximum absolute atomic E-state index is 7.41. The minimum atomic E-state index is -3.06. The van der Waals surface area contributed by atoms with Crippen LogP contribution in [0.5, 0.6) is 0 Å². The van der Waals surface area contributed by atoms with E-state index >= 15 is 0 Å². The second-order valence-electron chi connectivity index (χ2n) is 2.96. The Morgan fingerprint density at radius 2 is 1.14 bits per heavy atom. The maximum Gasteiger partial charge on any atom is -0.0534 e. The molecule has 0 saturated heterocycles. The van der Waals surface area contributed by atoms with Crippen molar-refractivity contribution in [3.8, 4) is 0 Å². The van der Waals surface area contributed by atoms with Gasteiger partial charge < -0.3 is 11.9 Å². The van der Waals surface area contributed by atoms with Crippen LogP contribution in [0.25, 0.3) is 11.9 Å². The van der Waals surface area contributed by atoms with Crippen LogP contribution in [-0.2, 0) is 11.9 Å². The van der Waals surface area contributed by atoms with Gasteiger partial charge in [-0.1, -0.05) is 38.5 Å². The van der Waals surface area contributed by atoms with E-state index in [9.17, 15) is 0 Å². The third kappa shape index (κ3) is 19.4. The number of rotatable bonds is 0. The first-order chi connectivity index (χ1) is 5.89. The second kappa shape index (κ2) is 9.96. The molecule has 7 heteroatoms.